The fourth-order valence-electron chi connectivity index (χ4n) is 2.90. The van der Waals surface area contributed by atoms with Crippen LogP contribution < -0.4 is 10.6 Å². The highest BCUT2D eigenvalue weighted by molar-refractivity contribution is 5.86. The van der Waals surface area contributed by atoms with Gasteiger partial charge in [-0.3, -0.25) is 0 Å². The maximum atomic E-state index is 4.62. The zero-order chi connectivity index (χ0) is 18.8. The van der Waals surface area contributed by atoms with Crippen molar-refractivity contribution in [2.75, 3.05) is 10.6 Å². The molecule has 2 aromatic carbocycles. The average molecular weight is 368 g/mol. The molecule has 0 bridgehead atoms. The lowest BCUT2D eigenvalue weighted by Crippen LogP contribution is -2.02. The molecule has 0 aliphatic rings. The molecular formula is C20H16N8. The zero-order valence-corrected chi connectivity index (χ0v) is 14.7. The van der Waals surface area contributed by atoms with Gasteiger partial charge in [0.15, 0.2) is 11.5 Å². The monoisotopic (exact) mass is 368 g/mol. The van der Waals surface area contributed by atoms with E-state index in [-0.39, 0.29) is 0 Å². The molecule has 0 spiro atoms. The normalized spacial score (nSPS) is 10.9. The van der Waals surface area contributed by atoms with Crippen LogP contribution in [-0.2, 0) is 0 Å². The highest BCUT2D eigenvalue weighted by Gasteiger charge is 2.10. The minimum absolute atomic E-state index is 0.466. The van der Waals surface area contributed by atoms with Crippen molar-refractivity contribution in [3.05, 3.63) is 79.6 Å². The van der Waals surface area contributed by atoms with Crippen LogP contribution in [0.25, 0.3) is 16.9 Å². The van der Waals surface area contributed by atoms with E-state index in [0.29, 0.717) is 17.4 Å². The van der Waals surface area contributed by atoms with Crippen LogP contribution in [0.4, 0.5) is 23.1 Å². The Labute approximate surface area is 160 Å². The molecule has 3 N–H and O–H groups in total. The third kappa shape index (κ3) is 3.14. The summed E-state index contributed by atoms with van der Waals surface area (Å²) in [7, 11) is 0. The van der Waals surface area contributed by atoms with Gasteiger partial charge in [0.2, 0.25) is 5.95 Å². The van der Waals surface area contributed by atoms with Crippen LogP contribution in [0.5, 0.6) is 0 Å². The van der Waals surface area contributed by atoms with Crippen molar-refractivity contribution >= 4 is 34.3 Å². The first-order chi connectivity index (χ1) is 13.8. The summed E-state index contributed by atoms with van der Waals surface area (Å²) in [6, 6.07) is 17.8. The van der Waals surface area contributed by atoms with Crippen molar-refractivity contribution in [1.82, 2.24) is 29.5 Å². The van der Waals surface area contributed by atoms with Gasteiger partial charge in [-0.25, -0.2) is 9.97 Å². The number of nitrogens with zero attached hydrogens (tertiary/aromatic N) is 5. The van der Waals surface area contributed by atoms with Gasteiger partial charge in [-0.15, -0.1) is 0 Å². The lowest BCUT2D eigenvalue weighted by Gasteiger charge is -2.10. The average Bonchev–Trinajstić information content (AvgIpc) is 3.42. The fraction of sp³-hybridized carbons (Fsp3) is 0. The SMILES string of the molecule is c1ccc(Nc2nc(Nc3ccc(-n4ccnc4)cc3)nc3nc[nH]c23)cc1. The Morgan fingerprint density at radius 2 is 1.68 bits per heavy atom. The van der Waals surface area contributed by atoms with E-state index in [4.69, 9.17) is 0 Å². The largest absolute Gasteiger partial charge is 0.340 e. The first-order valence-corrected chi connectivity index (χ1v) is 8.74. The highest BCUT2D eigenvalue weighted by Crippen LogP contribution is 2.24. The molecule has 3 aromatic heterocycles. The van der Waals surface area contributed by atoms with Crippen LogP contribution in [0.15, 0.2) is 79.6 Å². The summed E-state index contributed by atoms with van der Waals surface area (Å²) in [6.07, 6.45) is 7.02. The van der Waals surface area contributed by atoms with Crippen molar-refractivity contribution in [3.8, 4) is 5.69 Å². The molecule has 3 heterocycles. The standard InChI is InChI=1S/C20H16N8/c1-2-4-14(5-3-1)24-19-17-18(23-12-22-17)26-20(27-19)25-15-6-8-16(9-7-15)28-11-10-21-13-28/h1-13H,(H3,22,23,24,25,26,27). The molecule has 8 heteroatoms. The van der Waals surface area contributed by atoms with Crippen molar-refractivity contribution in [3.63, 3.8) is 0 Å². The lowest BCUT2D eigenvalue weighted by molar-refractivity contribution is 1.06. The molecule has 5 aromatic rings. The number of hydrogen-bond donors (Lipinski definition) is 3. The second-order valence-electron chi connectivity index (χ2n) is 6.13. The molecule has 0 unspecified atom stereocenters. The maximum absolute atomic E-state index is 4.62. The third-order valence-corrected chi connectivity index (χ3v) is 4.25. The number of aromatic nitrogens is 6. The molecule has 136 valence electrons. The molecule has 0 saturated carbocycles. The summed E-state index contributed by atoms with van der Waals surface area (Å²) in [5.41, 5.74) is 4.19. The van der Waals surface area contributed by atoms with Crippen LogP contribution in [0.1, 0.15) is 0 Å². The number of anilines is 4. The predicted octanol–water partition coefficient (Wildman–Crippen LogP) is 4.03. The summed E-state index contributed by atoms with van der Waals surface area (Å²) in [4.78, 5) is 20.5. The third-order valence-electron chi connectivity index (χ3n) is 4.25. The number of rotatable bonds is 5. The number of nitrogens with one attached hydrogen (secondary N) is 3. The van der Waals surface area contributed by atoms with E-state index >= 15 is 0 Å². The number of benzene rings is 2. The molecule has 0 aliphatic heterocycles. The molecular weight excluding hydrogens is 352 g/mol. The first kappa shape index (κ1) is 16.0. The summed E-state index contributed by atoms with van der Waals surface area (Å²) in [6.45, 7) is 0. The maximum Gasteiger partial charge on any atom is 0.231 e. The minimum atomic E-state index is 0.466. The Kier molecular flexibility index (Phi) is 3.91. The molecule has 0 aliphatic carbocycles. The van der Waals surface area contributed by atoms with Crippen LogP contribution >= 0.6 is 0 Å². The van der Waals surface area contributed by atoms with Gasteiger partial charge in [0.25, 0.3) is 0 Å². The van der Waals surface area contributed by atoms with Gasteiger partial charge < -0.3 is 20.2 Å². The number of para-hydroxylation sites is 1. The number of fused-ring (bicyclic) bond motifs is 1. The molecule has 0 atom stereocenters. The predicted molar refractivity (Wildman–Crippen MR) is 108 cm³/mol. The highest BCUT2D eigenvalue weighted by atomic mass is 15.2. The molecule has 0 saturated heterocycles. The number of aromatic amines is 1. The van der Waals surface area contributed by atoms with Crippen molar-refractivity contribution in [2.45, 2.75) is 0 Å². The summed E-state index contributed by atoms with van der Waals surface area (Å²) in [5.74, 6) is 1.12. The molecule has 0 fully saturated rings. The van der Waals surface area contributed by atoms with Crippen LogP contribution in [-0.4, -0.2) is 29.5 Å². The van der Waals surface area contributed by atoms with E-state index in [1.807, 2.05) is 65.4 Å². The lowest BCUT2D eigenvalue weighted by atomic mass is 10.3. The van der Waals surface area contributed by atoms with Gasteiger partial charge in [-0.1, -0.05) is 18.2 Å². The Hall–Kier alpha value is -4.20. The van der Waals surface area contributed by atoms with Crippen molar-refractivity contribution in [1.29, 1.82) is 0 Å². The quantitative estimate of drug-likeness (QED) is 0.433. The van der Waals surface area contributed by atoms with Crippen LogP contribution in [0.2, 0.25) is 0 Å². The molecule has 28 heavy (non-hydrogen) atoms. The number of hydrogen-bond acceptors (Lipinski definition) is 6. The molecule has 0 radical (unpaired) electrons. The van der Waals surface area contributed by atoms with Gasteiger partial charge in [0.05, 0.1) is 12.7 Å². The van der Waals surface area contributed by atoms with Crippen LogP contribution in [0, 0.1) is 0 Å². The zero-order valence-electron chi connectivity index (χ0n) is 14.7. The van der Waals surface area contributed by atoms with Gasteiger partial charge >= 0.3 is 0 Å². The second-order valence-corrected chi connectivity index (χ2v) is 6.13. The van der Waals surface area contributed by atoms with E-state index < -0.39 is 0 Å². The van der Waals surface area contributed by atoms with E-state index in [0.717, 1.165) is 22.6 Å². The minimum Gasteiger partial charge on any atom is -0.340 e. The van der Waals surface area contributed by atoms with E-state index in [9.17, 15) is 0 Å². The smallest absolute Gasteiger partial charge is 0.231 e. The first-order valence-electron chi connectivity index (χ1n) is 8.74. The number of imidazole rings is 2. The van der Waals surface area contributed by atoms with Crippen molar-refractivity contribution < 1.29 is 0 Å². The Balaban J connectivity index is 1.44. The summed E-state index contributed by atoms with van der Waals surface area (Å²) in [5, 5.41) is 6.56. The van der Waals surface area contributed by atoms with Gasteiger partial charge in [0, 0.05) is 29.5 Å². The Morgan fingerprint density at radius 3 is 2.46 bits per heavy atom. The van der Waals surface area contributed by atoms with Crippen molar-refractivity contribution in [2.24, 2.45) is 0 Å². The number of H-pyrrole nitrogens is 1. The fourth-order valence-corrected chi connectivity index (χ4v) is 2.90. The van der Waals surface area contributed by atoms with Gasteiger partial charge in [-0.2, -0.15) is 9.97 Å². The molecule has 5 rings (SSSR count). The van der Waals surface area contributed by atoms with E-state index in [2.05, 4.69) is 35.6 Å². The van der Waals surface area contributed by atoms with Gasteiger partial charge in [0.1, 0.15) is 5.52 Å². The summed E-state index contributed by atoms with van der Waals surface area (Å²) >= 11 is 0. The van der Waals surface area contributed by atoms with Crippen LogP contribution in [0.3, 0.4) is 0 Å². The second kappa shape index (κ2) is 6.84. The van der Waals surface area contributed by atoms with Gasteiger partial charge in [-0.05, 0) is 36.4 Å². The summed E-state index contributed by atoms with van der Waals surface area (Å²) < 4.78 is 1.94. The van der Waals surface area contributed by atoms with E-state index in [1.165, 1.54) is 0 Å². The Bertz CT molecular complexity index is 1190. The van der Waals surface area contributed by atoms with E-state index in [1.54, 1.807) is 18.9 Å². The molecule has 8 nitrogen and oxygen atoms in total. The topological polar surface area (TPSA) is 96.3 Å². The Morgan fingerprint density at radius 1 is 0.857 bits per heavy atom. The molecule has 0 amide bonds.